The van der Waals surface area contributed by atoms with Gasteiger partial charge in [-0.15, -0.1) is 0 Å². The van der Waals surface area contributed by atoms with Crippen LogP contribution < -0.4 is 0 Å². The smallest absolute Gasteiger partial charge is 0.305 e. The Morgan fingerprint density at radius 1 is 1.09 bits per heavy atom. The minimum atomic E-state index is -0.295. The molecule has 0 aromatic heterocycles. The lowest BCUT2D eigenvalue weighted by atomic mass is 9.43. The van der Waals surface area contributed by atoms with Crippen molar-refractivity contribution in [3.05, 3.63) is 0 Å². The van der Waals surface area contributed by atoms with Crippen LogP contribution in [0.25, 0.3) is 0 Å². The largest absolute Gasteiger partial charge is 0.469 e. The third-order valence-electron chi connectivity index (χ3n) is 10.4. The maximum Gasteiger partial charge on any atom is 0.305 e. The second-order valence-corrected chi connectivity index (χ2v) is 11.4. The average molecular weight is 462 g/mol. The molecule has 8 heteroatoms. The molecule has 2 unspecified atom stereocenters. The first-order valence-corrected chi connectivity index (χ1v) is 12.4. The number of hydrogen-bond acceptors (Lipinski definition) is 8. The van der Waals surface area contributed by atoms with Gasteiger partial charge in [0, 0.05) is 17.8 Å². The monoisotopic (exact) mass is 461 g/mol. The molecule has 0 amide bonds. The fourth-order valence-corrected chi connectivity index (χ4v) is 8.45. The zero-order chi connectivity index (χ0) is 24.0. The van der Waals surface area contributed by atoms with Gasteiger partial charge in [-0.2, -0.15) is 0 Å². The van der Waals surface area contributed by atoms with Gasteiger partial charge >= 0.3 is 5.97 Å². The van der Waals surface area contributed by atoms with Gasteiger partial charge in [0.15, 0.2) is 0 Å². The predicted molar refractivity (Wildman–Crippen MR) is 124 cm³/mol. The summed E-state index contributed by atoms with van der Waals surface area (Å²) in [6, 6.07) is 0. The molecule has 0 bridgehead atoms. The van der Waals surface area contributed by atoms with Gasteiger partial charge in [-0.05, 0) is 86.4 Å². The van der Waals surface area contributed by atoms with E-state index in [1.54, 1.807) is 0 Å². The molecule has 0 spiro atoms. The summed E-state index contributed by atoms with van der Waals surface area (Å²) in [7, 11) is 1.42. The van der Waals surface area contributed by atoms with E-state index < -0.39 is 0 Å². The van der Waals surface area contributed by atoms with E-state index in [2.05, 4.69) is 36.2 Å². The van der Waals surface area contributed by atoms with Crippen LogP contribution in [0.4, 0.5) is 0 Å². The topological polar surface area (TPSA) is 124 Å². The molecule has 0 aromatic carbocycles. The van der Waals surface area contributed by atoms with Gasteiger partial charge in [0.25, 0.3) is 0 Å². The number of nitrogens with zero attached hydrogens (tertiary/aromatic N) is 3. The molecule has 4 saturated carbocycles. The summed E-state index contributed by atoms with van der Waals surface area (Å²) in [5, 5.41) is 40.9. The zero-order valence-corrected chi connectivity index (χ0v) is 20.3. The number of hydrogen-bond donors (Lipinski definition) is 3. The van der Waals surface area contributed by atoms with Crippen molar-refractivity contribution < 1.29 is 25.2 Å². The van der Waals surface area contributed by atoms with Gasteiger partial charge in [0.1, 0.15) is 0 Å². The van der Waals surface area contributed by atoms with Crippen molar-refractivity contribution in [1.29, 1.82) is 0 Å². The summed E-state index contributed by atoms with van der Waals surface area (Å²) < 4.78 is 4.84. The van der Waals surface area contributed by atoms with Crippen LogP contribution in [0.1, 0.15) is 78.6 Å². The lowest BCUT2D eigenvalue weighted by Gasteiger charge is -2.60. The number of carbonyl (C=O) groups excluding carboxylic acids is 1. The summed E-state index contributed by atoms with van der Waals surface area (Å²) in [6.45, 7) is 6.76. The van der Waals surface area contributed by atoms with Crippen molar-refractivity contribution in [2.45, 2.75) is 78.6 Å². The van der Waals surface area contributed by atoms with Gasteiger partial charge in [-0.1, -0.05) is 36.2 Å². The van der Waals surface area contributed by atoms with Gasteiger partial charge in [-0.25, -0.2) is 0 Å². The van der Waals surface area contributed by atoms with E-state index in [1.165, 1.54) is 7.11 Å². The fraction of sp³-hybridized carbons (Fsp3) is 0.840. The van der Waals surface area contributed by atoms with Crippen LogP contribution in [0, 0.1) is 46.3 Å². The van der Waals surface area contributed by atoms with Crippen molar-refractivity contribution in [2.75, 3.05) is 7.11 Å². The Morgan fingerprint density at radius 3 is 2.48 bits per heavy atom. The van der Waals surface area contributed by atoms with E-state index in [0.717, 1.165) is 55.7 Å². The molecule has 4 aliphatic rings. The molecule has 3 N–H and O–H groups in total. The number of esters is 1. The van der Waals surface area contributed by atoms with Crippen molar-refractivity contribution >= 4 is 23.1 Å². The highest BCUT2D eigenvalue weighted by Gasteiger charge is 2.65. The van der Waals surface area contributed by atoms with E-state index in [9.17, 15) is 20.4 Å². The SMILES string of the molecule is COC(=O)CC[C@@H](C)[C@H]1CC[C@H]2C3/C(=N/O)CC4C/C(=N\O)CC[C@]4(C)[C@H]3C/C(=N\O)[C@]12C. The minimum Gasteiger partial charge on any atom is -0.469 e. The second-order valence-electron chi connectivity index (χ2n) is 11.4. The highest BCUT2D eigenvalue weighted by molar-refractivity contribution is 5.97. The molecule has 0 saturated heterocycles. The van der Waals surface area contributed by atoms with Crippen LogP contribution in [0.15, 0.2) is 15.5 Å². The van der Waals surface area contributed by atoms with E-state index in [0.29, 0.717) is 25.2 Å². The Bertz CT molecular complexity index is 870. The summed E-state index contributed by atoms with van der Waals surface area (Å²) in [5.74, 6) is 1.27. The molecule has 184 valence electrons. The van der Waals surface area contributed by atoms with Gasteiger partial charge in [0.2, 0.25) is 0 Å². The zero-order valence-electron chi connectivity index (χ0n) is 20.3. The number of fused-ring (bicyclic) bond motifs is 5. The standard InChI is InChI=1S/C25H39N3O5/c1-14(5-8-22(29)33-4)17-6-7-18-23-19(13-21(28-32)25(17,18)3)24(2)10-9-16(26-30)11-15(24)12-20(23)27-31/h14-15,17-19,23,30-32H,5-13H2,1-4H3/b26-16-,27-20+,28-21+/t14-,15?,17-,18+,19+,23?,24+,25-/m1/s1. The van der Waals surface area contributed by atoms with E-state index >= 15 is 0 Å². The summed E-state index contributed by atoms with van der Waals surface area (Å²) in [6.07, 6.45) is 6.97. The molecule has 4 fully saturated rings. The van der Waals surface area contributed by atoms with E-state index in [4.69, 9.17) is 4.74 Å². The van der Waals surface area contributed by atoms with Crippen LogP contribution in [0.2, 0.25) is 0 Å². The minimum absolute atomic E-state index is 0.0128. The molecule has 0 aromatic rings. The maximum atomic E-state index is 11.7. The first-order valence-electron chi connectivity index (χ1n) is 12.4. The van der Waals surface area contributed by atoms with Crippen LogP contribution in [-0.2, 0) is 9.53 Å². The van der Waals surface area contributed by atoms with Gasteiger partial charge < -0.3 is 20.4 Å². The molecule has 0 aliphatic heterocycles. The Balaban J connectivity index is 1.67. The van der Waals surface area contributed by atoms with E-state index in [-0.39, 0.29) is 46.4 Å². The number of ether oxygens (including phenoxy) is 1. The number of rotatable bonds is 4. The van der Waals surface area contributed by atoms with Crippen molar-refractivity contribution in [1.82, 2.24) is 0 Å². The maximum absolute atomic E-state index is 11.7. The highest BCUT2D eigenvalue weighted by Crippen LogP contribution is 2.66. The molecule has 0 heterocycles. The fourth-order valence-electron chi connectivity index (χ4n) is 8.45. The van der Waals surface area contributed by atoms with Crippen molar-refractivity contribution in [3.63, 3.8) is 0 Å². The molecule has 33 heavy (non-hydrogen) atoms. The van der Waals surface area contributed by atoms with Crippen LogP contribution in [-0.4, -0.2) is 45.8 Å². The molecule has 0 radical (unpaired) electrons. The highest BCUT2D eigenvalue weighted by atomic mass is 16.5. The van der Waals surface area contributed by atoms with Gasteiger partial charge in [-0.3, -0.25) is 4.79 Å². The first kappa shape index (κ1) is 24.0. The molecule has 8 nitrogen and oxygen atoms in total. The number of methoxy groups -OCH3 is 1. The average Bonchev–Trinajstić information content (AvgIpc) is 3.18. The lowest BCUT2D eigenvalue weighted by Crippen LogP contribution is -2.60. The third kappa shape index (κ3) is 3.64. The predicted octanol–water partition coefficient (Wildman–Crippen LogP) is 4.95. The van der Waals surface area contributed by atoms with Crippen molar-refractivity contribution in [2.24, 2.45) is 61.8 Å². The molecular formula is C25H39N3O5. The second kappa shape index (κ2) is 8.91. The van der Waals surface area contributed by atoms with Crippen molar-refractivity contribution in [3.8, 4) is 0 Å². The van der Waals surface area contributed by atoms with Crippen LogP contribution >= 0.6 is 0 Å². The van der Waals surface area contributed by atoms with E-state index in [1.807, 2.05) is 0 Å². The molecule has 4 aliphatic carbocycles. The Morgan fingerprint density at radius 2 is 1.85 bits per heavy atom. The Hall–Kier alpha value is -2.12. The first-order chi connectivity index (χ1) is 15.7. The Kier molecular flexibility index (Phi) is 6.49. The third-order valence-corrected chi connectivity index (χ3v) is 10.4. The summed E-state index contributed by atoms with van der Waals surface area (Å²) in [4.78, 5) is 11.7. The van der Waals surface area contributed by atoms with Crippen LogP contribution in [0.5, 0.6) is 0 Å². The summed E-state index contributed by atoms with van der Waals surface area (Å²) >= 11 is 0. The van der Waals surface area contributed by atoms with Crippen LogP contribution in [0.3, 0.4) is 0 Å². The summed E-state index contributed by atoms with van der Waals surface area (Å²) in [5.41, 5.74) is 2.26. The quantitative estimate of drug-likeness (QED) is 0.311. The normalized spacial score (nSPS) is 44.8. The molecule has 4 rings (SSSR count). The molecule has 8 atom stereocenters. The number of carbonyl (C=O) groups is 1. The Labute approximate surface area is 196 Å². The lowest BCUT2D eigenvalue weighted by molar-refractivity contribution is -0.141. The molecular weight excluding hydrogens is 422 g/mol. The van der Waals surface area contributed by atoms with Gasteiger partial charge in [0.05, 0.1) is 24.2 Å². The number of oxime groups is 3.